The fourth-order valence-electron chi connectivity index (χ4n) is 4.17. The number of hydrogen-bond donors (Lipinski definition) is 4. The van der Waals surface area contributed by atoms with Crippen molar-refractivity contribution in [3.05, 3.63) is 0 Å². The average Bonchev–Trinajstić information content (AvgIpc) is 2.66. The highest BCUT2D eigenvalue weighted by molar-refractivity contribution is 6.00. The van der Waals surface area contributed by atoms with Gasteiger partial charge in [0, 0.05) is 57.6 Å². The Morgan fingerprint density at radius 2 is 1.61 bits per heavy atom. The third-order valence-electron chi connectivity index (χ3n) is 6.12. The van der Waals surface area contributed by atoms with E-state index in [0.717, 1.165) is 45.6 Å². The molecule has 0 spiro atoms. The van der Waals surface area contributed by atoms with Gasteiger partial charge in [-0.15, -0.1) is 0 Å². The number of aliphatic hydroxyl groups is 2. The van der Waals surface area contributed by atoms with E-state index in [1.54, 1.807) is 13.8 Å². The Hall–Kier alpha value is -1.10. The van der Waals surface area contributed by atoms with Crippen LogP contribution in [0.4, 0.5) is 0 Å². The first kappa shape index (κ1) is 21.6. The Kier molecular flexibility index (Phi) is 7.06. The predicted molar refractivity (Wildman–Crippen MR) is 104 cm³/mol. The molecule has 4 N–H and O–H groups in total. The number of amides is 2. The van der Waals surface area contributed by atoms with E-state index in [4.69, 9.17) is 0 Å². The van der Waals surface area contributed by atoms with Crippen molar-refractivity contribution < 1.29 is 19.8 Å². The molecule has 0 aromatic carbocycles. The minimum atomic E-state index is -1.10. The molecule has 3 aliphatic heterocycles. The van der Waals surface area contributed by atoms with Gasteiger partial charge in [0.05, 0.1) is 6.10 Å². The molecule has 2 amide bonds. The molecule has 3 fully saturated rings. The quantitative estimate of drug-likeness (QED) is 0.313. The van der Waals surface area contributed by atoms with Gasteiger partial charge in [-0.3, -0.25) is 30.0 Å². The maximum absolute atomic E-state index is 12.3. The SMILES string of the molecule is CC1(C)CC(=O)N(CCCCN2CCN(C3NCC(O)CN3)CC2)C(=O)C1O. The van der Waals surface area contributed by atoms with Crippen molar-refractivity contribution in [2.24, 2.45) is 5.41 Å². The smallest absolute Gasteiger partial charge is 0.258 e. The summed E-state index contributed by atoms with van der Waals surface area (Å²) in [7, 11) is 0. The van der Waals surface area contributed by atoms with E-state index in [-0.39, 0.29) is 24.7 Å². The minimum absolute atomic E-state index is 0.136. The number of piperidine rings is 1. The standard InChI is InChI=1S/C19H35N5O4/c1-19(2)11-15(26)24(17(28)16(19)27)6-4-3-5-22-7-9-23(10-8-22)18-20-12-14(25)13-21-18/h14,16,18,20-21,25,27H,3-13H2,1-2H3. The highest BCUT2D eigenvalue weighted by Crippen LogP contribution is 2.32. The Labute approximate surface area is 167 Å². The van der Waals surface area contributed by atoms with Gasteiger partial charge in [0.1, 0.15) is 12.4 Å². The number of imide groups is 1. The molecule has 0 aromatic heterocycles. The molecule has 9 heteroatoms. The largest absolute Gasteiger partial charge is 0.390 e. The molecule has 3 rings (SSSR count). The number of carbonyl (C=O) groups is 2. The summed E-state index contributed by atoms with van der Waals surface area (Å²) in [6.07, 6.45) is 0.612. The van der Waals surface area contributed by atoms with Crippen LogP contribution in [0.2, 0.25) is 0 Å². The summed E-state index contributed by atoms with van der Waals surface area (Å²) in [5, 5.41) is 26.3. The van der Waals surface area contributed by atoms with Gasteiger partial charge in [-0.25, -0.2) is 0 Å². The topological polar surface area (TPSA) is 108 Å². The monoisotopic (exact) mass is 397 g/mol. The molecule has 0 aliphatic carbocycles. The maximum Gasteiger partial charge on any atom is 0.258 e. The van der Waals surface area contributed by atoms with Crippen LogP contribution in [0.15, 0.2) is 0 Å². The van der Waals surface area contributed by atoms with Gasteiger partial charge in [-0.05, 0) is 19.4 Å². The van der Waals surface area contributed by atoms with Crippen LogP contribution in [-0.4, -0.2) is 108 Å². The van der Waals surface area contributed by atoms with Crippen molar-refractivity contribution >= 4 is 11.8 Å². The molecule has 1 unspecified atom stereocenters. The molecule has 3 saturated heterocycles. The lowest BCUT2D eigenvalue weighted by atomic mass is 9.79. The van der Waals surface area contributed by atoms with Gasteiger partial charge >= 0.3 is 0 Å². The van der Waals surface area contributed by atoms with Crippen LogP contribution in [0.5, 0.6) is 0 Å². The molecular weight excluding hydrogens is 362 g/mol. The number of β-amino-alcohol motifs (C(OH)–C–C–N with tert-alkyl or cyclic N) is 1. The second kappa shape index (κ2) is 9.15. The molecule has 28 heavy (non-hydrogen) atoms. The number of nitrogens with zero attached hydrogens (tertiary/aromatic N) is 3. The van der Waals surface area contributed by atoms with E-state index in [1.165, 1.54) is 4.90 Å². The van der Waals surface area contributed by atoms with Gasteiger partial charge in [0.15, 0.2) is 0 Å². The van der Waals surface area contributed by atoms with E-state index in [0.29, 0.717) is 19.6 Å². The second-order valence-electron chi connectivity index (χ2n) is 8.91. The number of rotatable bonds is 6. The zero-order chi connectivity index (χ0) is 20.3. The molecule has 0 saturated carbocycles. The summed E-state index contributed by atoms with van der Waals surface area (Å²) in [6.45, 7) is 9.99. The number of likely N-dealkylation sites (tertiary alicyclic amines) is 1. The maximum atomic E-state index is 12.3. The van der Waals surface area contributed by atoms with Crippen LogP contribution >= 0.6 is 0 Å². The number of carbonyl (C=O) groups excluding carboxylic acids is 2. The fraction of sp³-hybridized carbons (Fsp3) is 0.895. The Morgan fingerprint density at radius 1 is 1.00 bits per heavy atom. The van der Waals surface area contributed by atoms with Crippen LogP contribution in [0.1, 0.15) is 33.1 Å². The second-order valence-corrected chi connectivity index (χ2v) is 8.91. The van der Waals surface area contributed by atoms with Crippen molar-refractivity contribution in [3.63, 3.8) is 0 Å². The first-order valence-electron chi connectivity index (χ1n) is 10.4. The van der Waals surface area contributed by atoms with Crippen molar-refractivity contribution in [1.82, 2.24) is 25.3 Å². The third kappa shape index (κ3) is 5.08. The van der Waals surface area contributed by atoms with E-state index in [2.05, 4.69) is 20.4 Å². The molecule has 1 atom stereocenters. The summed E-state index contributed by atoms with van der Waals surface area (Å²) in [4.78, 5) is 30.5. The molecular formula is C19H35N5O4. The zero-order valence-corrected chi connectivity index (χ0v) is 17.1. The molecule has 160 valence electrons. The average molecular weight is 398 g/mol. The van der Waals surface area contributed by atoms with Gasteiger partial charge in [-0.1, -0.05) is 13.8 Å². The van der Waals surface area contributed by atoms with E-state index in [1.807, 2.05) is 0 Å². The zero-order valence-electron chi connectivity index (χ0n) is 17.1. The van der Waals surface area contributed by atoms with E-state index >= 15 is 0 Å². The molecule has 3 heterocycles. The van der Waals surface area contributed by atoms with Gasteiger partial charge in [0.2, 0.25) is 5.91 Å². The lowest BCUT2D eigenvalue weighted by molar-refractivity contribution is -0.164. The van der Waals surface area contributed by atoms with Crippen LogP contribution in [0.3, 0.4) is 0 Å². The first-order valence-corrected chi connectivity index (χ1v) is 10.4. The molecule has 0 bridgehead atoms. The summed E-state index contributed by atoms with van der Waals surface area (Å²) in [5.74, 6) is -0.626. The molecule has 0 aromatic rings. The normalized spacial score (nSPS) is 32.7. The van der Waals surface area contributed by atoms with Gasteiger partial charge in [0.25, 0.3) is 5.91 Å². The molecule has 9 nitrogen and oxygen atoms in total. The van der Waals surface area contributed by atoms with E-state index < -0.39 is 17.4 Å². The highest BCUT2D eigenvalue weighted by atomic mass is 16.3. The summed E-state index contributed by atoms with van der Waals surface area (Å²) < 4.78 is 0. The Bertz CT molecular complexity index is 557. The lowest BCUT2D eigenvalue weighted by Gasteiger charge is -2.42. The number of hydrogen-bond acceptors (Lipinski definition) is 8. The molecule has 0 radical (unpaired) electrons. The number of unbranched alkanes of at least 4 members (excludes halogenated alkanes) is 1. The molecule has 3 aliphatic rings. The highest BCUT2D eigenvalue weighted by Gasteiger charge is 2.45. The summed E-state index contributed by atoms with van der Waals surface area (Å²) in [5.41, 5.74) is -0.676. The Morgan fingerprint density at radius 3 is 2.25 bits per heavy atom. The van der Waals surface area contributed by atoms with Crippen LogP contribution in [0.25, 0.3) is 0 Å². The van der Waals surface area contributed by atoms with Crippen LogP contribution < -0.4 is 10.6 Å². The van der Waals surface area contributed by atoms with Crippen LogP contribution in [-0.2, 0) is 9.59 Å². The van der Waals surface area contributed by atoms with Crippen molar-refractivity contribution in [2.45, 2.75) is 51.6 Å². The van der Waals surface area contributed by atoms with Crippen molar-refractivity contribution in [3.8, 4) is 0 Å². The van der Waals surface area contributed by atoms with Crippen molar-refractivity contribution in [1.29, 1.82) is 0 Å². The number of aliphatic hydroxyl groups excluding tert-OH is 2. The van der Waals surface area contributed by atoms with Crippen LogP contribution in [0, 0.1) is 5.41 Å². The number of piperazine rings is 1. The first-order chi connectivity index (χ1) is 13.3. The predicted octanol–water partition coefficient (Wildman–Crippen LogP) is -1.63. The van der Waals surface area contributed by atoms with Gasteiger partial charge < -0.3 is 15.1 Å². The van der Waals surface area contributed by atoms with Gasteiger partial charge in [-0.2, -0.15) is 0 Å². The Balaban J connectivity index is 1.33. The fourth-order valence-corrected chi connectivity index (χ4v) is 4.17. The summed E-state index contributed by atoms with van der Waals surface area (Å²) >= 11 is 0. The van der Waals surface area contributed by atoms with E-state index in [9.17, 15) is 19.8 Å². The minimum Gasteiger partial charge on any atom is -0.390 e. The van der Waals surface area contributed by atoms with Crippen molar-refractivity contribution in [2.75, 3.05) is 52.4 Å². The third-order valence-corrected chi connectivity index (χ3v) is 6.12. The summed E-state index contributed by atoms with van der Waals surface area (Å²) in [6, 6.07) is 0. The number of nitrogens with one attached hydrogen (secondary N) is 2. The lowest BCUT2D eigenvalue weighted by Crippen LogP contribution is -2.65.